The third-order valence-electron chi connectivity index (χ3n) is 4.76. The lowest BCUT2D eigenvalue weighted by Crippen LogP contribution is -2.23. The van der Waals surface area contributed by atoms with Crippen molar-refractivity contribution < 1.29 is 4.79 Å². The molecular formula is C21H20N4OS. The number of nitrogens with one attached hydrogen (secondary N) is 1. The number of carbonyl (C=O) groups is 1. The van der Waals surface area contributed by atoms with Crippen molar-refractivity contribution in [1.29, 1.82) is 0 Å². The molecule has 0 spiro atoms. The molecule has 0 fully saturated rings. The Morgan fingerprint density at radius 1 is 1.04 bits per heavy atom. The van der Waals surface area contributed by atoms with Gasteiger partial charge in [0.2, 0.25) is 5.91 Å². The number of carbonyl (C=O) groups excluding carboxylic acids is 1. The number of anilines is 1. The maximum absolute atomic E-state index is 12.7. The molecule has 1 atom stereocenters. The fourth-order valence-electron chi connectivity index (χ4n) is 3.02. The highest BCUT2D eigenvalue weighted by Crippen LogP contribution is 2.27. The van der Waals surface area contributed by atoms with Crippen LogP contribution in [0.25, 0.3) is 16.6 Å². The van der Waals surface area contributed by atoms with Crippen LogP contribution in [0.5, 0.6) is 0 Å². The molecule has 0 aliphatic carbocycles. The van der Waals surface area contributed by atoms with Crippen molar-refractivity contribution in [3.05, 3.63) is 65.7 Å². The highest BCUT2D eigenvalue weighted by atomic mass is 32.2. The van der Waals surface area contributed by atoms with Crippen LogP contribution in [0.3, 0.4) is 0 Å². The molecule has 2 heterocycles. The molecule has 2 aromatic carbocycles. The van der Waals surface area contributed by atoms with Crippen molar-refractivity contribution in [2.75, 3.05) is 5.32 Å². The zero-order chi connectivity index (χ0) is 19.0. The number of para-hydroxylation sites is 1. The molecule has 0 saturated carbocycles. The molecule has 2 aromatic heterocycles. The Labute approximate surface area is 161 Å². The standard InChI is InChI=1S/C21H20N4OS/c1-13-7-6-9-17(14(13)2)22-20(26)15(3)27-21-24-23-19-12-11-16-8-4-5-10-18(16)25(19)21/h4-12,15H,1-3H3,(H,22,26)/t15-/m0/s1. The van der Waals surface area contributed by atoms with Crippen LogP contribution in [0.15, 0.2) is 59.8 Å². The minimum atomic E-state index is -0.309. The van der Waals surface area contributed by atoms with Gasteiger partial charge in [-0.1, -0.05) is 42.1 Å². The number of aryl methyl sites for hydroxylation is 1. The topological polar surface area (TPSA) is 59.3 Å². The van der Waals surface area contributed by atoms with Crippen LogP contribution >= 0.6 is 11.8 Å². The number of benzene rings is 2. The van der Waals surface area contributed by atoms with Gasteiger partial charge < -0.3 is 5.32 Å². The van der Waals surface area contributed by atoms with Gasteiger partial charge in [0.05, 0.1) is 10.8 Å². The second kappa shape index (κ2) is 7.04. The molecule has 4 rings (SSSR count). The summed E-state index contributed by atoms with van der Waals surface area (Å²) in [7, 11) is 0. The number of rotatable bonds is 4. The number of nitrogens with zero attached hydrogens (tertiary/aromatic N) is 3. The Kier molecular flexibility index (Phi) is 4.58. The summed E-state index contributed by atoms with van der Waals surface area (Å²) >= 11 is 1.41. The van der Waals surface area contributed by atoms with Gasteiger partial charge in [0, 0.05) is 5.69 Å². The predicted molar refractivity (Wildman–Crippen MR) is 110 cm³/mol. The number of aromatic nitrogens is 3. The first-order valence-corrected chi connectivity index (χ1v) is 9.69. The summed E-state index contributed by atoms with van der Waals surface area (Å²) in [6, 6.07) is 18.0. The van der Waals surface area contributed by atoms with Crippen LogP contribution in [0.1, 0.15) is 18.1 Å². The Morgan fingerprint density at radius 2 is 1.85 bits per heavy atom. The molecule has 0 unspecified atom stereocenters. The summed E-state index contributed by atoms with van der Waals surface area (Å²) in [4.78, 5) is 12.7. The SMILES string of the molecule is Cc1cccc(NC(=O)[C@H](C)Sc2nnc3ccc4ccccc4n23)c1C. The number of thioether (sulfide) groups is 1. The number of fused-ring (bicyclic) bond motifs is 3. The van der Waals surface area contributed by atoms with E-state index in [2.05, 4.69) is 21.6 Å². The number of hydrogen-bond acceptors (Lipinski definition) is 4. The van der Waals surface area contributed by atoms with Crippen LogP contribution in [-0.2, 0) is 4.79 Å². The summed E-state index contributed by atoms with van der Waals surface area (Å²) < 4.78 is 2.00. The predicted octanol–water partition coefficient (Wildman–Crippen LogP) is 4.62. The lowest BCUT2D eigenvalue weighted by molar-refractivity contribution is -0.115. The van der Waals surface area contributed by atoms with E-state index in [0.29, 0.717) is 5.16 Å². The van der Waals surface area contributed by atoms with Crippen molar-refractivity contribution in [3.8, 4) is 0 Å². The molecule has 4 aromatic rings. The normalized spacial score (nSPS) is 12.4. The molecule has 5 nitrogen and oxygen atoms in total. The van der Waals surface area contributed by atoms with Gasteiger partial charge in [0.1, 0.15) is 0 Å². The van der Waals surface area contributed by atoms with Crippen molar-refractivity contribution in [3.63, 3.8) is 0 Å². The average Bonchev–Trinajstić information content (AvgIpc) is 3.08. The Balaban J connectivity index is 1.61. The molecule has 0 saturated heterocycles. The van der Waals surface area contributed by atoms with E-state index in [4.69, 9.17) is 0 Å². The van der Waals surface area contributed by atoms with Gasteiger partial charge in [0.25, 0.3) is 0 Å². The summed E-state index contributed by atoms with van der Waals surface area (Å²) in [5.74, 6) is -0.0503. The number of hydrogen-bond donors (Lipinski definition) is 1. The molecule has 27 heavy (non-hydrogen) atoms. The molecule has 136 valence electrons. The van der Waals surface area contributed by atoms with Crippen molar-refractivity contribution in [2.45, 2.75) is 31.2 Å². The van der Waals surface area contributed by atoms with Gasteiger partial charge in [-0.2, -0.15) is 0 Å². The largest absolute Gasteiger partial charge is 0.325 e. The summed E-state index contributed by atoms with van der Waals surface area (Å²) in [6.07, 6.45) is 0. The zero-order valence-electron chi connectivity index (χ0n) is 15.4. The van der Waals surface area contributed by atoms with E-state index < -0.39 is 0 Å². The second-order valence-electron chi connectivity index (χ2n) is 6.57. The van der Waals surface area contributed by atoms with E-state index in [1.807, 2.05) is 73.7 Å². The molecule has 6 heteroatoms. The first-order valence-electron chi connectivity index (χ1n) is 8.81. The maximum Gasteiger partial charge on any atom is 0.237 e. The molecule has 1 N–H and O–H groups in total. The Bertz CT molecular complexity index is 1150. The minimum Gasteiger partial charge on any atom is -0.325 e. The molecular weight excluding hydrogens is 356 g/mol. The lowest BCUT2D eigenvalue weighted by atomic mass is 10.1. The first kappa shape index (κ1) is 17.5. The van der Waals surface area contributed by atoms with Gasteiger partial charge in [-0.3, -0.25) is 9.20 Å². The van der Waals surface area contributed by atoms with E-state index in [-0.39, 0.29) is 11.2 Å². The van der Waals surface area contributed by atoms with Crippen molar-refractivity contribution in [1.82, 2.24) is 14.6 Å². The summed E-state index contributed by atoms with van der Waals surface area (Å²) in [6.45, 7) is 5.94. The smallest absolute Gasteiger partial charge is 0.237 e. The second-order valence-corrected chi connectivity index (χ2v) is 7.87. The molecule has 0 bridgehead atoms. The van der Waals surface area contributed by atoms with Crippen molar-refractivity contribution in [2.24, 2.45) is 0 Å². The van der Waals surface area contributed by atoms with Crippen molar-refractivity contribution >= 4 is 39.9 Å². The van der Waals surface area contributed by atoms with Gasteiger partial charge in [0.15, 0.2) is 10.8 Å². The zero-order valence-corrected chi connectivity index (χ0v) is 16.2. The van der Waals surface area contributed by atoms with E-state index in [1.54, 1.807) is 0 Å². The van der Waals surface area contributed by atoms with Crippen LogP contribution in [0, 0.1) is 13.8 Å². The van der Waals surface area contributed by atoms with Gasteiger partial charge in [-0.25, -0.2) is 0 Å². The first-order chi connectivity index (χ1) is 13.0. The quantitative estimate of drug-likeness (QED) is 0.528. The molecule has 0 radical (unpaired) electrons. The molecule has 1 amide bonds. The summed E-state index contributed by atoms with van der Waals surface area (Å²) in [5, 5.41) is 13.1. The van der Waals surface area contributed by atoms with Crippen LogP contribution in [0.2, 0.25) is 0 Å². The highest BCUT2D eigenvalue weighted by Gasteiger charge is 2.19. The fourth-order valence-corrected chi connectivity index (χ4v) is 3.89. The van der Waals surface area contributed by atoms with Gasteiger partial charge in [-0.05, 0) is 61.5 Å². The van der Waals surface area contributed by atoms with E-state index in [1.165, 1.54) is 11.8 Å². The average molecular weight is 376 g/mol. The van der Waals surface area contributed by atoms with Crippen LogP contribution in [-0.4, -0.2) is 25.8 Å². The molecule has 0 aliphatic heterocycles. The van der Waals surface area contributed by atoms with Gasteiger partial charge >= 0.3 is 0 Å². The minimum absolute atomic E-state index is 0.0503. The maximum atomic E-state index is 12.7. The summed E-state index contributed by atoms with van der Waals surface area (Å²) in [5.41, 5.74) is 4.90. The molecule has 0 aliphatic rings. The monoisotopic (exact) mass is 376 g/mol. The van der Waals surface area contributed by atoms with E-state index in [0.717, 1.165) is 33.4 Å². The van der Waals surface area contributed by atoms with E-state index in [9.17, 15) is 4.79 Å². The Morgan fingerprint density at radius 3 is 2.70 bits per heavy atom. The van der Waals surface area contributed by atoms with E-state index >= 15 is 0 Å². The number of amides is 1. The lowest BCUT2D eigenvalue weighted by Gasteiger charge is -2.14. The van der Waals surface area contributed by atoms with Crippen LogP contribution < -0.4 is 5.32 Å². The fraction of sp³-hybridized carbons (Fsp3) is 0.190. The highest BCUT2D eigenvalue weighted by molar-refractivity contribution is 8.00. The third kappa shape index (κ3) is 3.28. The Hall–Kier alpha value is -2.86. The van der Waals surface area contributed by atoms with Crippen LogP contribution in [0.4, 0.5) is 5.69 Å². The van der Waals surface area contributed by atoms with Gasteiger partial charge in [-0.15, -0.1) is 10.2 Å². The third-order valence-corrected chi connectivity index (χ3v) is 5.80. The number of pyridine rings is 1.